The number of benzene rings is 2. The molecule has 0 fully saturated rings. The van der Waals surface area contributed by atoms with E-state index in [9.17, 15) is 9.59 Å². The van der Waals surface area contributed by atoms with Crippen LogP contribution < -0.4 is 20.1 Å². The minimum Gasteiger partial charge on any atom is -0.496 e. The zero-order valence-electron chi connectivity index (χ0n) is 16.2. The Morgan fingerprint density at radius 3 is 1.89 bits per heavy atom. The minimum atomic E-state index is -0.432. The third-order valence-corrected chi connectivity index (χ3v) is 4.33. The molecule has 2 aromatic rings. The molecule has 2 aromatic carbocycles. The number of hydrogen-bond acceptors (Lipinski definition) is 4. The lowest BCUT2D eigenvalue weighted by Gasteiger charge is -2.15. The van der Waals surface area contributed by atoms with Crippen LogP contribution in [0.2, 0.25) is 0 Å². The highest BCUT2D eigenvalue weighted by molar-refractivity contribution is 6.03. The van der Waals surface area contributed by atoms with Crippen molar-refractivity contribution in [2.24, 2.45) is 0 Å². The molecule has 0 aliphatic carbocycles. The number of aryl methyl sites for hydroxylation is 2. The Morgan fingerprint density at radius 1 is 0.889 bits per heavy atom. The maximum absolute atomic E-state index is 12.6. The van der Waals surface area contributed by atoms with Crippen molar-refractivity contribution in [3.63, 3.8) is 0 Å². The van der Waals surface area contributed by atoms with Crippen molar-refractivity contribution in [3.8, 4) is 11.5 Å². The molecule has 0 aliphatic rings. The molecule has 6 heteroatoms. The summed E-state index contributed by atoms with van der Waals surface area (Å²) in [6, 6.07) is 11.0. The third kappa shape index (κ3) is 4.78. The van der Waals surface area contributed by atoms with Gasteiger partial charge in [-0.05, 0) is 36.1 Å². The zero-order chi connectivity index (χ0) is 19.8. The first-order chi connectivity index (χ1) is 13.0. The number of nitrogens with one attached hydrogen (secondary N) is 2. The monoisotopic (exact) mass is 370 g/mol. The van der Waals surface area contributed by atoms with Gasteiger partial charge in [-0.15, -0.1) is 0 Å². The van der Waals surface area contributed by atoms with Gasteiger partial charge in [0.25, 0.3) is 5.91 Å². The Hall–Kier alpha value is -3.02. The zero-order valence-corrected chi connectivity index (χ0v) is 16.2. The van der Waals surface area contributed by atoms with Crippen LogP contribution >= 0.6 is 0 Å². The highest BCUT2D eigenvalue weighted by atomic mass is 16.5. The summed E-state index contributed by atoms with van der Waals surface area (Å²) in [7, 11) is 2.96. The molecule has 27 heavy (non-hydrogen) atoms. The Bertz CT molecular complexity index is 773. The molecule has 0 heterocycles. The number of para-hydroxylation sites is 1. The van der Waals surface area contributed by atoms with Crippen molar-refractivity contribution in [2.75, 3.05) is 26.1 Å². The molecule has 0 saturated carbocycles. The lowest BCUT2D eigenvalue weighted by Crippen LogP contribution is -2.33. The van der Waals surface area contributed by atoms with E-state index >= 15 is 0 Å². The van der Waals surface area contributed by atoms with Gasteiger partial charge in [-0.3, -0.25) is 9.59 Å². The smallest absolute Gasteiger partial charge is 0.259 e. The van der Waals surface area contributed by atoms with E-state index in [4.69, 9.17) is 9.47 Å². The highest BCUT2D eigenvalue weighted by Gasteiger charge is 2.19. The van der Waals surface area contributed by atoms with E-state index in [1.54, 1.807) is 18.2 Å². The number of amides is 2. The Kier molecular flexibility index (Phi) is 7.23. The molecular formula is C21H26N2O4. The van der Waals surface area contributed by atoms with Crippen molar-refractivity contribution in [2.45, 2.75) is 26.7 Å². The van der Waals surface area contributed by atoms with E-state index in [1.165, 1.54) is 14.2 Å². The molecule has 2 amide bonds. The van der Waals surface area contributed by atoms with Crippen LogP contribution in [0.15, 0.2) is 36.4 Å². The molecule has 0 bridgehead atoms. The van der Waals surface area contributed by atoms with Gasteiger partial charge in [-0.25, -0.2) is 0 Å². The summed E-state index contributed by atoms with van der Waals surface area (Å²) in [5.74, 6) is 0.0560. The first-order valence-electron chi connectivity index (χ1n) is 8.95. The molecule has 0 atom stereocenters. The van der Waals surface area contributed by atoms with E-state index in [1.807, 2.05) is 32.0 Å². The van der Waals surface area contributed by atoms with Crippen molar-refractivity contribution in [1.82, 2.24) is 5.32 Å². The summed E-state index contributed by atoms with van der Waals surface area (Å²) in [6.07, 6.45) is 1.63. The second-order valence-corrected chi connectivity index (χ2v) is 5.93. The molecule has 6 nitrogen and oxygen atoms in total. The molecule has 0 unspecified atom stereocenters. The number of anilines is 1. The van der Waals surface area contributed by atoms with Crippen molar-refractivity contribution < 1.29 is 19.1 Å². The Balaban J connectivity index is 2.10. The molecule has 2 rings (SSSR count). The van der Waals surface area contributed by atoms with Gasteiger partial charge in [0.05, 0.1) is 20.8 Å². The molecule has 0 spiro atoms. The van der Waals surface area contributed by atoms with Gasteiger partial charge in [-0.2, -0.15) is 0 Å². The summed E-state index contributed by atoms with van der Waals surface area (Å²) in [4.78, 5) is 25.0. The third-order valence-electron chi connectivity index (χ3n) is 4.33. The molecule has 0 saturated heterocycles. The van der Waals surface area contributed by atoms with Crippen LogP contribution in [-0.4, -0.2) is 32.6 Å². The summed E-state index contributed by atoms with van der Waals surface area (Å²) < 4.78 is 10.5. The summed E-state index contributed by atoms with van der Waals surface area (Å²) >= 11 is 0. The van der Waals surface area contributed by atoms with Crippen molar-refractivity contribution in [3.05, 3.63) is 53.1 Å². The number of carbonyl (C=O) groups is 2. The Labute approximate surface area is 159 Å². The van der Waals surface area contributed by atoms with Crippen molar-refractivity contribution in [1.29, 1.82) is 0 Å². The number of rotatable bonds is 8. The lowest BCUT2D eigenvalue weighted by molar-refractivity contribution is -0.115. The summed E-state index contributed by atoms with van der Waals surface area (Å²) in [6.45, 7) is 3.93. The van der Waals surface area contributed by atoms with Gasteiger partial charge >= 0.3 is 0 Å². The van der Waals surface area contributed by atoms with Crippen LogP contribution in [-0.2, 0) is 17.6 Å². The number of hydrogen-bond donors (Lipinski definition) is 2. The largest absolute Gasteiger partial charge is 0.496 e. The number of ether oxygens (including phenoxy) is 2. The van der Waals surface area contributed by atoms with Crippen LogP contribution in [0.3, 0.4) is 0 Å². The SMILES string of the molecule is CCc1cccc(CC)c1NC(=O)CNC(=O)c1c(OC)cccc1OC. The fourth-order valence-corrected chi connectivity index (χ4v) is 2.91. The maximum Gasteiger partial charge on any atom is 0.259 e. The quantitative estimate of drug-likeness (QED) is 0.748. The molecule has 144 valence electrons. The van der Waals surface area contributed by atoms with Gasteiger partial charge in [0, 0.05) is 5.69 Å². The van der Waals surface area contributed by atoms with E-state index in [2.05, 4.69) is 10.6 Å². The lowest BCUT2D eigenvalue weighted by atomic mass is 10.0. The van der Waals surface area contributed by atoms with Crippen LogP contribution in [0, 0.1) is 0 Å². The maximum atomic E-state index is 12.6. The number of carbonyl (C=O) groups excluding carboxylic acids is 2. The fourth-order valence-electron chi connectivity index (χ4n) is 2.91. The fraction of sp³-hybridized carbons (Fsp3) is 0.333. The van der Waals surface area contributed by atoms with E-state index in [0.29, 0.717) is 11.5 Å². The van der Waals surface area contributed by atoms with Gasteiger partial charge < -0.3 is 20.1 Å². The van der Waals surface area contributed by atoms with E-state index < -0.39 is 5.91 Å². The predicted molar refractivity (Wildman–Crippen MR) is 106 cm³/mol. The normalized spacial score (nSPS) is 10.2. The van der Waals surface area contributed by atoms with Crippen LogP contribution in [0.25, 0.3) is 0 Å². The number of methoxy groups -OCH3 is 2. The standard InChI is InChI=1S/C21H26N2O4/c1-5-14-9-7-10-15(6-2)20(14)23-18(24)13-22-21(25)19-16(26-3)11-8-12-17(19)27-4/h7-12H,5-6,13H2,1-4H3,(H,22,25)(H,23,24). The van der Waals surface area contributed by atoms with Gasteiger partial charge in [-0.1, -0.05) is 38.1 Å². The van der Waals surface area contributed by atoms with Gasteiger partial charge in [0.15, 0.2) is 0 Å². The molecule has 0 aliphatic heterocycles. The molecule has 0 radical (unpaired) electrons. The summed E-state index contributed by atoms with van der Waals surface area (Å²) in [5, 5.41) is 5.56. The van der Waals surface area contributed by atoms with Crippen LogP contribution in [0.1, 0.15) is 35.3 Å². The van der Waals surface area contributed by atoms with Gasteiger partial charge in [0.1, 0.15) is 17.1 Å². The van der Waals surface area contributed by atoms with Crippen LogP contribution in [0.5, 0.6) is 11.5 Å². The second kappa shape index (κ2) is 9.62. The van der Waals surface area contributed by atoms with E-state index in [0.717, 1.165) is 29.7 Å². The summed E-state index contributed by atoms with van der Waals surface area (Å²) in [5.41, 5.74) is 3.23. The average Bonchev–Trinajstić information content (AvgIpc) is 2.71. The Morgan fingerprint density at radius 2 is 1.41 bits per heavy atom. The van der Waals surface area contributed by atoms with Crippen molar-refractivity contribution >= 4 is 17.5 Å². The highest BCUT2D eigenvalue weighted by Crippen LogP contribution is 2.28. The first-order valence-corrected chi connectivity index (χ1v) is 8.95. The molecular weight excluding hydrogens is 344 g/mol. The minimum absolute atomic E-state index is 0.152. The first kappa shape index (κ1) is 20.3. The molecule has 2 N–H and O–H groups in total. The van der Waals surface area contributed by atoms with E-state index in [-0.39, 0.29) is 18.0 Å². The molecule has 0 aromatic heterocycles. The topological polar surface area (TPSA) is 76.7 Å². The van der Waals surface area contributed by atoms with Gasteiger partial charge in [0.2, 0.25) is 5.91 Å². The van der Waals surface area contributed by atoms with Crippen LogP contribution in [0.4, 0.5) is 5.69 Å². The predicted octanol–water partition coefficient (Wildman–Crippen LogP) is 3.20. The second-order valence-electron chi connectivity index (χ2n) is 5.93. The average molecular weight is 370 g/mol.